The summed E-state index contributed by atoms with van der Waals surface area (Å²) in [6, 6.07) is 23.9. The van der Waals surface area contributed by atoms with Gasteiger partial charge in [-0.1, -0.05) is 73.7 Å². The summed E-state index contributed by atoms with van der Waals surface area (Å²) in [6.45, 7) is 8.12. The van der Waals surface area contributed by atoms with Crippen LogP contribution >= 0.6 is 0 Å². The van der Waals surface area contributed by atoms with Crippen LogP contribution in [-0.4, -0.2) is 12.0 Å². The van der Waals surface area contributed by atoms with Crippen LogP contribution in [0.4, 0.5) is 0 Å². The molecule has 3 rings (SSSR count). The third-order valence-electron chi connectivity index (χ3n) is 5.41. The molecule has 29 heavy (non-hydrogen) atoms. The minimum Gasteiger partial charge on any atom is -0.480 e. The van der Waals surface area contributed by atoms with Gasteiger partial charge in [0.25, 0.3) is 5.91 Å². The molecule has 0 aliphatic heterocycles. The van der Waals surface area contributed by atoms with Crippen molar-refractivity contribution in [3.63, 3.8) is 0 Å². The molecule has 0 spiro atoms. The van der Waals surface area contributed by atoms with E-state index in [4.69, 9.17) is 4.74 Å². The number of amides is 1. The van der Waals surface area contributed by atoms with Gasteiger partial charge in [-0.3, -0.25) is 4.79 Å². The highest BCUT2D eigenvalue weighted by atomic mass is 16.5. The lowest BCUT2D eigenvalue weighted by Gasteiger charge is -2.25. The molecule has 0 aliphatic rings. The van der Waals surface area contributed by atoms with E-state index in [0.717, 1.165) is 33.6 Å². The fraction of sp³-hybridized carbons (Fsp3) is 0.269. The summed E-state index contributed by atoms with van der Waals surface area (Å²) < 4.78 is 6.13. The Morgan fingerprint density at radius 1 is 0.862 bits per heavy atom. The molecule has 1 N–H and O–H groups in total. The van der Waals surface area contributed by atoms with Gasteiger partial charge in [0.1, 0.15) is 5.75 Å². The highest BCUT2D eigenvalue weighted by molar-refractivity contribution is 5.82. The fourth-order valence-electron chi connectivity index (χ4n) is 3.46. The van der Waals surface area contributed by atoms with Gasteiger partial charge in [0.15, 0.2) is 6.10 Å². The van der Waals surface area contributed by atoms with Gasteiger partial charge in [0.05, 0.1) is 6.04 Å². The second-order valence-corrected chi connectivity index (χ2v) is 7.42. The number of aryl methyl sites for hydroxylation is 2. The Morgan fingerprint density at radius 3 is 2.21 bits per heavy atom. The summed E-state index contributed by atoms with van der Waals surface area (Å²) in [5.41, 5.74) is 5.51. The summed E-state index contributed by atoms with van der Waals surface area (Å²) in [6.07, 6.45) is 0.0415. The summed E-state index contributed by atoms with van der Waals surface area (Å²) in [5.74, 6) is 0.657. The van der Waals surface area contributed by atoms with Crippen LogP contribution in [0, 0.1) is 20.8 Å². The van der Waals surface area contributed by atoms with E-state index in [2.05, 4.69) is 24.4 Å². The Labute approximate surface area is 173 Å². The lowest BCUT2D eigenvalue weighted by Crippen LogP contribution is -2.40. The second kappa shape index (κ2) is 9.42. The maximum absolute atomic E-state index is 13.2. The predicted octanol–water partition coefficient (Wildman–Crippen LogP) is 5.68. The van der Waals surface area contributed by atoms with Crippen LogP contribution in [-0.2, 0) is 4.79 Å². The third kappa shape index (κ3) is 4.86. The van der Waals surface area contributed by atoms with E-state index in [9.17, 15) is 4.79 Å². The summed E-state index contributed by atoms with van der Waals surface area (Å²) in [5, 5.41) is 3.23. The minimum atomic E-state index is -0.550. The Bertz CT molecular complexity index is 965. The Hall–Kier alpha value is -3.07. The SMILES string of the molecule is CC[C@H](Oc1cccc(C)c1C)C(=O)N[C@H](c1ccccc1)c1ccccc1C. The number of rotatable bonds is 7. The van der Waals surface area contributed by atoms with Crippen molar-refractivity contribution in [3.05, 3.63) is 101 Å². The number of carbonyl (C=O) groups is 1. The zero-order valence-electron chi connectivity index (χ0n) is 17.6. The van der Waals surface area contributed by atoms with Gasteiger partial charge in [0.2, 0.25) is 0 Å². The molecule has 0 aliphatic carbocycles. The molecule has 1 amide bonds. The zero-order valence-corrected chi connectivity index (χ0v) is 17.6. The van der Waals surface area contributed by atoms with E-state index >= 15 is 0 Å². The molecule has 150 valence electrons. The number of benzene rings is 3. The van der Waals surface area contributed by atoms with Gasteiger partial charge in [-0.2, -0.15) is 0 Å². The van der Waals surface area contributed by atoms with Crippen LogP contribution in [0.15, 0.2) is 72.8 Å². The number of nitrogens with one attached hydrogen (secondary N) is 1. The topological polar surface area (TPSA) is 38.3 Å². The molecule has 0 heterocycles. The summed E-state index contributed by atoms with van der Waals surface area (Å²) in [7, 11) is 0. The van der Waals surface area contributed by atoms with Crippen molar-refractivity contribution in [2.24, 2.45) is 0 Å². The van der Waals surface area contributed by atoms with Crippen molar-refractivity contribution in [3.8, 4) is 5.75 Å². The van der Waals surface area contributed by atoms with Gasteiger partial charge in [-0.25, -0.2) is 0 Å². The Kier molecular flexibility index (Phi) is 6.71. The molecule has 0 fully saturated rings. The summed E-state index contributed by atoms with van der Waals surface area (Å²) in [4.78, 5) is 13.2. The quantitative estimate of drug-likeness (QED) is 0.567. The van der Waals surface area contributed by atoms with Crippen LogP contribution < -0.4 is 10.1 Å². The average molecular weight is 388 g/mol. The van der Waals surface area contributed by atoms with E-state index in [1.807, 2.05) is 81.4 Å². The molecule has 3 aromatic rings. The maximum Gasteiger partial charge on any atom is 0.261 e. The van der Waals surface area contributed by atoms with Gasteiger partial charge in [-0.15, -0.1) is 0 Å². The molecular weight excluding hydrogens is 358 g/mol. The lowest BCUT2D eigenvalue weighted by molar-refractivity contribution is -0.128. The highest BCUT2D eigenvalue weighted by Gasteiger charge is 2.25. The smallest absolute Gasteiger partial charge is 0.261 e. The maximum atomic E-state index is 13.2. The van der Waals surface area contributed by atoms with Gasteiger partial charge >= 0.3 is 0 Å². The highest BCUT2D eigenvalue weighted by Crippen LogP contribution is 2.26. The molecule has 0 unspecified atom stereocenters. The molecular formula is C26H29NO2. The molecule has 0 aromatic heterocycles. The van der Waals surface area contributed by atoms with E-state index in [1.165, 1.54) is 0 Å². The predicted molar refractivity (Wildman–Crippen MR) is 118 cm³/mol. The number of ether oxygens (including phenoxy) is 1. The van der Waals surface area contributed by atoms with E-state index in [-0.39, 0.29) is 11.9 Å². The third-order valence-corrected chi connectivity index (χ3v) is 5.41. The Balaban J connectivity index is 1.87. The molecule has 0 radical (unpaired) electrons. The van der Waals surface area contributed by atoms with E-state index < -0.39 is 6.10 Å². The molecule has 0 bridgehead atoms. The molecule has 3 heteroatoms. The second-order valence-electron chi connectivity index (χ2n) is 7.42. The number of hydrogen-bond donors (Lipinski definition) is 1. The van der Waals surface area contributed by atoms with Crippen molar-refractivity contribution in [1.29, 1.82) is 0 Å². The fourth-order valence-corrected chi connectivity index (χ4v) is 3.46. The van der Waals surface area contributed by atoms with Crippen LogP contribution in [0.1, 0.15) is 47.2 Å². The first-order valence-electron chi connectivity index (χ1n) is 10.1. The van der Waals surface area contributed by atoms with Crippen molar-refractivity contribution in [2.45, 2.75) is 46.3 Å². The standard InChI is InChI=1S/C26H29NO2/c1-5-23(29-24-17-11-13-18(2)20(24)4)26(28)27-25(21-14-7-6-8-15-21)22-16-10-9-12-19(22)3/h6-17,23,25H,5H2,1-4H3,(H,27,28)/t23-,25+/m0/s1. The average Bonchev–Trinajstić information content (AvgIpc) is 2.74. The van der Waals surface area contributed by atoms with Gasteiger partial charge in [-0.05, 0) is 61.1 Å². The van der Waals surface area contributed by atoms with Crippen LogP contribution in [0.2, 0.25) is 0 Å². The molecule has 3 aromatic carbocycles. The van der Waals surface area contributed by atoms with Crippen molar-refractivity contribution >= 4 is 5.91 Å². The van der Waals surface area contributed by atoms with Gasteiger partial charge in [0, 0.05) is 0 Å². The number of carbonyl (C=O) groups excluding carboxylic acids is 1. The monoisotopic (exact) mass is 387 g/mol. The molecule has 0 saturated carbocycles. The number of hydrogen-bond acceptors (Lipinski definition) is 2. The van der Waals surface area contributed by atoms with E-state index in [0.29, 0.717) is 6.42 Å². The lowest BCUT2D eigenvalue weighted by atomic mass is 9.94. The Morgan fingerprint density at radius 2 is 1.52 bits per heavy atom. The van der Waals surface area contributed by atoms with Crippen molar-refractivity contribution in [2.75, 3.05) is 0 Å². The zero-order chi connectivity index (χ0) is 20.8. The first kappa shape index (κ1) is 20.7. The molecule has 2 atom stereocenters. The summed E-state index contributed by atoms with van der Waals surface area (Å²) >= 11 is 0. The van der Waals surface area contributed by atoms with E-state index in [1.54, 1.807) is 0 Å². The van der Waals surface area contributed by atoms with Gasteiger partial charge < -0.3 is 10.1 Å². The van der Waals surface area contributed by atoms with Crippen LogP contribution in [0.25, 0.3) is 0 Å². The first-order chi connectivity index (χ1) is 14.0. The molecule has 0 saturated heterocycles. The van der Waals surface area contributed by atoms with Crippen molar-refractivity contribution in [1.82, 2.24) is 5.32 Å². The van der Waals surface area contributed by atoms with Crippen molar-refractivity contribution < 1.29 is 9.53 Å². The first-order valence-corrected chi connectivity index (χ1v) is 10.1. The van der Waals surface area contributed by atoms with Crippen LogP contribution in [0.5, 0.6) is 5.75 Å². The largest absolute Gasteiger partial charge is 0.480 e. The van der Waals surface area contributed by atoms with Crippen LogP contribution in [0.3, 0.4) is 0 Å². The minimum absolute atomic E-state index is 0.106. The molecule has 3 nitrogen and oxygen atoms in total. The normalized spacial score (nSPS) is 12.8.